The molecule has 2 aromatic rings. The number of carbonyl (C=O) groups excluding carboxylic acids is 2. The number of tetrazole rings is 1. The minimum absolute atomic E-state index is 0.189. The van der Waals surface area contributed by atoms with E-state index < -0.39 is 0 Å². The van der Waals surface area contributed by atoms with Crippen LogP contribution in [0.2, 0.25) is 0 Å². The van der Waals surface area contributed by atoms with E-state index in [1.807, 2.05) is 0 Å². The Labute approximate surface area is 131 Å². The lowest BCUT2D eigenvalue weighted by atomic mass is 10.1. The molecule has 0 radical (unpaired) electrons. The van der Waals surface area contributed by atoms with Crippen molar-refractivity contribution < 1.29 is 9.59 Å². The van der Waals surface area contributed by atoms with Crippen LogP contribution in [0, 0.1) is 0 Å². The summed E-state index contributed by atoms with van der Waals surface area (Å²) in [6.07, 6.45) is 1.65. The topological polar surface area (TPSA) is 81.0 Å². The molecule has 0 saturated carbocycles. The fourth-order valence-electron chi connectivity index (χ4n) is 2.32. The predicted octanol–water partition coefficient (Wildman–Crippen LogP) is 1.38. The molecule has 0 unspecified atom stereocenters. The Balaban J connectivity index is 1.48. The third-order valence-corrected chi connectivity index (χ3v) is 4.56. The summed E-state index contributed by atoms with van der Waals surface area (Å²) in [5.41, 5.74) is 1.01. The van der Waals surface area contributed by atoms with Crippen LogP contribution < -0.4 is 0 Å². The summed E-state index contributed by atoms with van der Waals surface area (Å²) in [7, 11) is 1.79. The van der Waals surface area contributed by atoms with Crippen molar-refractivity contribution >= 4 is 23.6 Å². The Bertz CT molecular complexity index is 680. The second-order valence-corrected chi connectivity index (χ2v) is 6.01. The first-order valence-corrected chi connectivity index (χ1v) is 7.97. The largest absolute Gasteiger partial charge is 0.274 e. The van der Waals surface area contributed by atoms with Crippen LogP contribution in [0.3, 0.4) is 0 Å². The van der Waals surface area contributed by atoms with Crippen LogP contribution in [0.4, 0.5) is 0 Å². The molecule has 3 rings (SSSR count). The summed E-state index contributed by atoms with van der Waals surface area (Å²) >= 11 is 1.56. The summed E-state index contributed by atoms with van der Waals surface area (Å²) in [5.74, 6) is 0.466. The number of aryl methyl sites for hydroxylation is 1. The molecule has 1 aromatic heterocycles. The van der Waals surface area contributed by atoms with E-state index in [-0.39, 0.29) is 11.8 Å². The van der Waals surface area contributed by atoms with Gasteiger partial charge in [-0.3, -0.25) is 14.5 Å². The molecule has 0 N–H and O–H groups in total. The molecule has 0 saturated heterocycles. The highest BCUT2D eigenvalue weighted by Crippen LogP contribution is 2.23. The number of hydrogen-bond acceptors (Lipinski definition) is 6. The predicted molar refractivity (Wildman–Crippen MR) is 80.6 cm³/mol. The van der Waals surface area contributed by atoms with E-state index in [0.29, 0.717) is 17.7 Å². The van der Waals surface area contributed by atoms with E-state index in [2.05, 4.69) is 15.5 Å². The smallest absolute Gasteiger partial charge is 0.261 e. The van der Waals surface area contributed by atoms with Gasteiger partial charge < -0.3 is 0 Å². The van der Waals surface area contributed by atoms with Crippen LogP contribution in [0.15, 0.2) is 29.4 Å². The molecule has 114 valence electrons. The normalized spacial score (nSPS) is 13.8. The maximum absolute atomic E-state index is 12.2. The van der Waals surface area contributed by atoms with Crippen molar-refractivity contribution in [2.75, 3.05) is 12.3 Å². The number of rotatable bonds is 6. The molecule has 8 heteroatoms. The van der Waals surface area contributed by atoms with Gasteiger partial charge in [0.1, 0.15) is 0 Å². The number of thioether (sulfide) groups is 1. The molecule has 0 aliphatic carbocycles. The van der Waals surface area contributed by atoms with Gasteiger partial charge in [0.25, 0.3) is 11.8 Å². The molecular weight excluding hydrogens is 302 g/mol. The van der Waals surface area contributed by atoms with Crippen LogP contribution in [-0.4, -0.2) is 49.2 Å². The molecule has 0 bridgehead atoms. The molecule has 1 aromatic carbocycles. The fraction of sp³-hybridized carbons (Fsp3) is 0.357. The SMILES string of the molecule is Cn1nnnc1SCCCCN1C(=O)c2ccccc2C1=O. The van der Waals surface area contributed by atoms with Gasteiger partial charge in [-0.2, -0.15) is 0 Å². The zero-order valence-electron chi connectivity index (χ0n) is 12.1. The number of carbonyl (C=O) groups is 2. The van der Waals surface area contributed by atoms with E-state index in [0.717, 1.165) is 23.8 Å². The number of benzene rings is 1. The van der Waals surface area contributed by atoms with Gasteiger partial charge in [0.15, 0.2) is 0 Å². The van der Waals surface area contributed by atoms with Gasteiger partial charge in [0.05, 0.1) is 11.1 Å². The number of fused-ring (bicyclic) bond motifs is 1. The lowest BCUT2D eigenvalue weighted by Gasteiger charge is -2.13. The van der Waals surface area contributed by atoms with Crippen molar-refractivity contribution in [3.63, 3.8) is 0 Å². The Kier molecular flexibility index (Phi) is 4.19. The van der Waals surface area contributed by atoms with Crippen molar-refractivity contribution in [2.45, 2.75) is 18.0 Å². The first kappa shape index (κ1) is 14.7. The highest BCUT2D eigenvalue weighted by Gasteiger charge is 2.34. The standard InChI is InChI=1S/C14H15N5O2S/c1-18-14(15-16-17-18)22-9-5-4-8-19-12(20)10-6-2-3-7-11(10)13(19)21/h2-3,6-7H,4-5,8-9H2,1H3. The Morgan fingerprint density at radius 2 is 1.77 bits per heavy atom. The minimum Gasteiger partial charge on any atom is -0.274 e. The molecule has 7 nitrogen and oxygen atoms in total. The molecule has 0 fully saturated rings. The highest BCUT2D eigenvalue weighted by molar-refractivity contribution is 7.99. The molecule has 2 heterocycles. The number of hydrogen-bond donors (Lipinski definition) is 0. The van der Waals surface area contributed by atoms with Crippen LogP contribution >= 0.6 is 11.8 Å². The molecule has 1 aliphatic rings. The second-order valence-electron chi connectivity index (χ2n) is 4.95. The van der Waals surface area contributed by atoms with Crippen LogP contribution in [0.5, 0.6) is 0 Å². The van der Waals surface area contributed by atoms with Gasteiger partial charge in [0, 0.05) is 19.3 Å². The average molecular weight is 317 g/mol. The lowest BCUT2D eigenvalue weighted by molar-refractivity contribution is 0.0652. The van der Waals surface area contributed by atoms with E-state index in [1.165, 1.54) is 4.90 Å². The van der Waals surface area contributed by atoms with E-state index in [4.69, 9.17) is 0 Å². The quantitative estimate of drug-likeness (QED) is 0.455. The number of amides is 2. The van der Waals surface area contributed by atoms with E-state index in [1.54, 1.807) is 47.8 Å². The summed E-state index contributed by atoms with van der Waals surface area (Å²) in [5, 5.41) is 12.0. The van der Waals surface area contributed by atoms with Crippen molar-refractivity contribution in [1.82, 2.24) is 25.1 Å². The second kappa shape index (κ2) is 6.27. The first-order valence-electron chi connectivity index (χ1n) is 6.99. The molecule has 22 heavy (non-hydrogen) atoms. The summed E-state index contributed by atoms with van der Waals surface area (Å²) < 4.78 is 1.62. The third kappa shape index (κ3) is 2.74. The van der Waals surface area contributed by atoms with Crippen molar-refractivity contribution in [3.8, 4) is 0 Å². The molecule has 0 atom stereocenters. The number of aromatic nitrogens is 4. The number of nitrogens with zero attached hydrogens (tertiary/aromatic N) is 5. The molecule has 2 amide bonds. The molecule has 0 spiro atoms. The number of imide groups is 1. The zero-order chi connectivity index (χ0) is 15.5. The summed E-state index contributed by atoms with van der Waals surface area (Å²) in [6, 6.07) is 6.96. The molecule has 1 aliphatic heterocycles. The van der Waals surface area contributed by atoms with Gasteiger partial charge in [0.2, 0.25) is 5.16 Å². The lowest BCUT2D eigenvalue weighted by Crippen LogP contribution is -2.30. The van der Waals surface area contributed by atoms with Crippen molar-refractivity contribution in [1.29, 1.82) is 0 Å². The Morgan fingerprint density at radius 1 is 1.09 bits per heavy atom. The van der Waals surface area contributed by atoms with Crippen LogP contribution in [0.25, 0.3) is 0 Å². The third-order valence-electron chi connectivity index (χ3n) is 3.47. The maximum atomic E-state index is 12.2. The van der Waals surface area contributed by atoms with E-state index in [9.17, 15) is 9.59 Å². The van der Waals surface area contributed by atoms with Gasteiger partial charge in [-0.15, -0.1) is 5.10 Å². The average Bonchev–Trinajstić information content (AvgIpc) is 3.04. The Hall–Kier alpha value is -2.22. The van der Waals surface area contributed by atoms with Crippen LogP contribution in [-0.2, 0) is 7.05 Å². The number of unbranched alkanes of at least 4 members (excludes halogenated alkanes) is 1. The summed E-state index contributed by atoms with van der Waals surface area (Å²) in [6.45, 7) is 0.448. The van der Waals surface area contributed by atoms with Crippen molar-refractivity contribution in [3.05, 3.63) is 35.4 Å². The van der Waals surface area contributed by atoms with Gasteiger partial charge in [-0.25, -0.2) is 4.68 Å². The van der Waals surface area contributed by atoms with E-state index >= 15 is 0 Å². The van der Waals surface area contributed by atoms with Crippen molar-refractivity contribution in [2.24, 2.45) is 7.05 Å². The fourth-order valence-corrected chi connectivity index (χ4v) is 3.17. The first-order chi connectivity index (χ1) is 10.7. The maximum Gasteiger partial charge on any atom is 0.261 e. The highest BCUT2D eigenvalue weighted by atomic mass is 32.2. The Morgan fingerprint density at radius 3 is 2.36 bits per heavy atom. The zero-order valence-corrected chi connectivity index (χ0v) is 12.9. The molecular formula is C14H15N5O2S. The minimum atomic E-state index is -0.189. The summed E-state index contributed by atoms with van der Waals surface area (Å²) in [4.78, 5) is 25.7. The van der Waals surface area contributed by atoms with Gasteiger partial charge >= 0.3 is 0 Å². The van der Waals surface area contributed by atoms with Gasteiger partial charge in [-0.05, 0) is 35.4 Å². The van der Waals surface area contributed by atoms with Gasteiger partial charge in [-0.1, -0.05) is 23.9 Å². The monoisotopic (exact) mass is 317 g/mol. The van der Waals surface area contributed by atoms with Crippen LogP contribution in [0.1, 0.15) is 33.6 Å².